The molecule has 0 saturated carbocycles. The summed E-state index contributed by atoms with van der Waals surface area (Å²) in [6.07, 6.45) is 0. The fourth-order valence-corrected chi connectivity index (χ4v) is 3.42. The van der Waals surface area contributed by atoms with Crippen LogP contribution in [-0.4, -0.2) is 44.7 Å². The molecule has 0 saturated heterocycles. The van der Waals surface area contributed by atoms with Crippen LogP contribution in [0, 0.1) is 5.82 Å². The van der Waals surface area contributed by atoms with E-state index in [1.807, 2.05) is 30.3 Å². The summed E-state index contributed by atoms with van der Waals surface area (Å²) in [5, 5.41) is 8.67. The lowest BCUT2D eigenvalue weighted by molar-refractivity contribution is -0.165. The van der Waals surface area contributed by atoms with Crippen LogP contribution in [0.2, 0.25) is 0 Å². The summed E-state index contributed by atoms with van der Waals surface area (Å²) in [5.74, 6) is -1.45. The highest BCUT2D eigenvalue weighted by Gasteiger charge is 2.21. The van der Waals surface area contributed by atoms with Crippen molar-refractivity contribution < 1.29 is 23.5 Å². The van der Waals surface area contributed by atoms with Gasteiger partial charge in [0, 0.05) is 5.69 Å². The van der Waals surface area contributed by atoms with Gasteiger partial charge >= 0.3 is 11.9 Å². The number of hydrogen-bond donors (Lipinski definition) is 0. The number of benzene rings is 2. The zero-order valence-electron chi connectivity index (χ0n) is 17.4. The van der Waals surface area contributed by atoms with Crippen LogP contribution in [0.1, 0.15) is 20.8 Å². The van der Waals surface area contributed by atoms with Gasteiger partial charge in [0.2, 0.25) is 0 Å². The molecule has 0 atom stereocenters. The molecular formula is C22H22FN3O4S. The molecule has 0 spiro atoms. The van der Waals surface area contributed by atoms with Gasteiger partial charge in [-0.2, -0.15) is 0 Å². The average molecular weight is 444 g/mol. The van der Waals surface area contributed by atoms with Crippen molar-refractivity contribution in [2.45, 2.75) is 31.5 Å². The van der Waals surface area contributed by atoms with Crippen molar-refractivity contribution >= 4 is 23.7 Å². The fourth-order valence-electron chi connectivity index (χ4n) is 2.67. The van der Waals surface area contributed by atoms with E-state index in [9.17, 15) is 14.0 Å². The predicted octanol–water partition coefficient (Wildman–Crippen LogP) is 4.05. The molecule has 0 amide bonds. The number of para-hydroxylation sites is 1. The van der Waals surface area contributed by atoms with Crippen LogP contribution in [0.4, 0.5) is 4.39 Å². The van der Waals surface area contributed by atoms with Gasteiger partial charge in [0.1, 0.15) is 11.4 Å². The van der Waals surface area contributed by atoms with Crippen LogP contribution in [-0.2, 0) is 19.1 Å². The van der Waals surface area contributed by atoms with Gasteiger partial charge in [-0.1, -0.05) is 42.1 Å². The summed E-state index contributed by atoms with van der Waals surface area (Å²) >= 11 is 1.08. The number of rotatable bonds is 7. The van der Waals surface area contributed by atoms with E-state index in [2.05, 4.69) is 10.2 Å². The molecular weight excluding hydrogens is 421 g/mol. The first kappa shape index (κ1) is 22.5. The number of halogens is 1. The van der Waals surface area contributed by atoms with Crippen molar-refractivity contribution in [3.63, 3.8) is 0 Å². The van der Waals surface area contributed by atoms with Crippen LogP contribution in [0.5, 0.6) is 0 Å². The monoisotopic (exact) mass is 443 g/mol. The van der Waals surface area contributed by atoms with E-state index in [1.165, 1.54) is 6.07 Å². The van der Waals surface area contributed by atoms with Crippen LogP contribution in [0.3, 0.4) is 0 Å². The Morgan fingerprint density at radius 2 is 1.68 bits per heavy atom. The third-order valence-electron chi connectivity index (χ3n) is 3.85. The van der Waals surface area contributed by atoms with E-state index < -0.39 is 30.0 Å². The van der Waals surface area contributed by atoms with E-state index >= 15 is 0 Å². The Morgan fingerprint density at radius 1 is 1.00 bits per heavy atom. The maximum absolute atomic E-state index is 14.4. The SMILES string of the molecule is CC(C)(C)OC(=O)COC(=O)CSc1nnc(-c2ccccc2F)n1-c1ccccc1. The molecule has 31 heavy (non-hydrogen) atoms. The van der Waals surface area contributed by atoms with Crippen molar-refractivity contribution in [2.75, 3.05) is 12.4 Å². The Morgan fingerprint density at radius 3 is 2.35 bits per heavy atom. The van der Waals surface area contributed by atoms with Gasteiger partial charge in [0.25, 0.3) is 0 Å². The first-order valence-corrected chi connectivity index (χ1v) is 10.5. The molecule has 7 nitrogen and oxygen atoms in total. The maximum atomic E-state index is 14.4. The number of nitrogens with zero attached hydrogens (tertiary/aromatic N) is 3. The minimum atomic E-state index is -0.659. The van der Waals surface area contributed by atoms with Crippen molar-refractivity contribution in [1.29, 1.82) is 0 Å². The van der Waals surface area contributed by atoms with Crippen molar-refractivity contribution in [3.05, 3.63) is 60.4 Å². The molecule has 3 rings (SSSR count). The highest BCUT2D eigenvalue weighted by Crippen LogP contribution is 2.29. The van der Waals surface area contributed by atoms with Gasteiger partial charge in [0.05, 0.1) is 11.3 Å². The predicted molar refractivity (Wildman–Crippen MR) is 114 cm³/mol. The molecule has 0 unspecified atom stereocenters. The van der Waals surface area contributed by atoms with E-state index in [-0.39, 0.29) is 5.75 Å². The first-order chi connectivity index (χ1) is 14.7. The molecule has 3 aromatic rings. The zero-order chi connectivity index (χ0) is 22.4. The summed E-state index contributed by atoms with van der Waals surface area (Å²) in [6.45, 7) is 4.72. The molecule has 0 radical (unpaired) electrons. The lowest BCUT2D eigenvalue weighted by atomic mass is 10.2. The molecule has 0 aliphatic heterocycles. The van der Waals surface area contributed by atoms with Crippen LogP contribution >= 0.6 is 11.8 Å². The number of esters is 2. The molecule has 0 N–H and O–H groups in total. The molecule has 1 heterocycles. The van der Waals surface area contributed by atoms with E-state index in [0.717, 1.165) is 17.4 Å². The van der Waals surface area contributed by atoms with E-state index in [1.54, 1.807) is 43.5 Å². The fraction of sp³-hybridized carbons (Fsp3) is 0.273. The Labute approximate surface area is 183 Å². The quantitative estimate of drug-likeness (QED) is 0.402. The number of carbonyl (C=O) groups excluding carboxylic acids is 2. The molecule has 2 aromatic carbocycles. The standard InChI is InChI=1S/C22H22FN3O4S/c1-22(2,3)30-18(27)13-29-19(28)14-31-21-25-24-20(16-11-7-8-12-17(16)23)26(21)15-9-5-4-6-10-15/h4-12H,13-14H2,1-3H3. The number of thioether (sulfide) groups is 1. The molecule has 1 aromatic heterocycles. The highest BCUT2D eigenvalue weighted by atomic mass is 32.2. The summed E-state index contributed by atoms with van der Waals surface area (Å²) < 4.78 is 26.1. The Bertz CT molecular complexity index is 1060. The Balaban J connectivity index is 1.75. The van der Waals surface area contributed by atoms with Gasteiger partial charge in [-0.05, 0) is 45.0 Å². The van der Waals surface area contributed by atoms with Gasteiger partial charge in [-0.3, -0.25) is 9.36 Å². The van der Waals surface area contributed by atoms with Gasteiger partial charge < -0.3 is 9.47 Å². The number of hydrogen-bond acceptors (Lipinski definition) is 7. The molecule has 162 valence electrons. The topological polar surface area (TPSA) is 83.3 Å². The van der Waals surface area contributed by atoms with Crippen LogP contribution in [0.15, 0.2) is 59.8 Å². The molecule has 0 aliphatic rings. The normalized spacial score (nSPS) is 11.2. The minimum absolute atomic E-state index is 0.106. The van der Waals surface area contributed by atoms with Gasteiger partial charge in [-0.15, -0.1) is 10.2 Å². The molecule has 0 fully saturated rings. The van der Waals surface area contributed by atoms with Crippen LogP contribution < -0.4 is 0 Å². The van der Waals surface area contributed by atoms with Crippen molar-refractivity contribution in [1.82, 2.24) is 14.8 Å². The third kappa shape index (κ3) is 6.14. The zero-order valence-corrected chi connectivity index (χ0v) is 18.2. The number of carbonyl (C=O) groups is 2. The highest BCUT2D eigenvalue weighted by molar-refractivity contribution is 7.99. The number of ether oxygens (including phenoxy) is 2. The molecule has 9 heteroatoms. The van der Waals surface area contributed by atoms with Crippen molar-refractivity contribution in [2.24, 2.45) is 0 Å². The lowest BCUT2D eigenvalue weighted by Gasteiger charge is -2.19. The maximum Gasteiger partial charge on any atom is 0.344 e. The minimum Gasteiger partial charge on any atom is -0.457 e. The average Bonchev–Trinajstić information content (AvgIpc) is 3.14. The largest absolute Gasteiger partial charge is 0.457 e. The van der Waals surface area contributed by atoms with E-state index in [0.29, 0.717) is 16.5 Å². The Hall–Kier alpha value is -3.20. The first-order valence-electron chi connectivity index (χ1n) is 9.50. The van der Waals surface area contributed by atoms with Crippen LogP contribution in [0.25, 0.3) is 17.1 Å². The molecule has 0 bridgehead atoms. The second-order valence-electron chi connectivity index (χ2n) is 7.49. The smallest absolute Gasteiger partial charge is 0.344 e. The van der Waals surface area contributed by atoms with Gasteiger partial charge in [0.15, 0.2) is 17.6 Å². The third-order valence-corrected chi connectivity index (χ3v) is 4.76. The second-order valence-corrected chi connectivity index (χ2v) is 8.44. The summed E-state index contributed by atoms with van der Waals surface area (Å²) in [7, 11) is 0. The number of aromatic nitrogens is 3. The summed E-state index contributed by atoms with van der Waals surface area (Å²) in [5.41, 5.74) is 0.349. The summed E-state index contributed by atoms with van der Waals surface area (Å²) in [4.78, 5) is 23.8. The Kier molecular flexibility index (Phi) is 7.06. The summed E-state index contributed by atoms with van der Waals surface area (Å²) in [6, 6.07) is 15.5. The van der Waals surface area contributed by atoms with E-state index in [4.69, 9.17) is 9.47 Å². The molecule has 0 aliphatic carbocycles. The van der Waals surface area contributed by atoms with Crippen molar-refractivity contribution in [3.8, 4) is 17.1 Å². The second kappa shape index (κ2) is 9.74. The lowest BCUT2D eigenvalue weighted by Crippen LogP contribution is -2.27. The van der Waals surface area contributed by atoms with Gasteiger partial charge in [-0.25, -0.2) is 9.18 Å².